The lowest BCUT2D eigenvalue weighted by Crippen LogP contribution is -2.53. The molecule has 3 aromatic heterocycles. The van der Waals surface area contributed by atoms with Gasteiger partial charge in [0.25, 0.3) is 0 Å². The Morgan fingerprint density at radius 3 is 2.67 bits per heavy atom. The van der Waals surface area contributed by atoms with Crippen LogP contribution in [0.4, 0.5) is 15.9 Å². The molecule has 0 saturated heterocycles. The number of halogens is 1. The lowest BCUT2D eigenvalue weighted by atomic mass is 9.91. The molecule has 0 aromatic carbocycles. The Labute approximate surface area is 172 Å². The van der Waals surface area contributed by atoms with Crippen molar-refractivity contribution in [3.8, 4) is 11.3 Å². The van der Waals surface area contributed by atoms with Gasteiger partial charge in [-0.1, -0.05) is 12.8 Å². The first-order chi connectivity index (χ1) is 14.5. The molecule has 1 aliphatic carbocycles. The number of amides is 1. The van der Waals surface area contributed by atoms with Crippen LogP contribution < -0.4 is 21.9 Å². The van der Waals surface area contributed by atoms with Crippen molar-refractivity contribution in [2.45, 2.75) is 37.8 Å². The number of rotatable bonds is 6. The summed E-state index contributed by atoms with van der Waals surface area (Å²) in [6.45, 7) is 0. The summed E-state index contributed by atoms with van der Waals surface area (Å²) in [5, 5.41) is 1.50. The third-order valence-corrected chi connectivity index (χ3v) is 5.18. The third-order valence-electron chi connectivity index (χ3n) is 5.18. The number of aromatic nitrogens is 3. The molecular weight excluding hydrogens is 389 g/mol. The van der Waals surface area contributed by atoms with Gasteiger partial charge in [0.15, 0.2) is 18.0 Å². The van der Waals surface area contributed by atoms with E-state index in [0.29, 0.717) is 5.82 Å². The molecule has 0 bridgehead atoms. The van der Waals surface area contributed by atoms with Crippen LogP contribution in [0.1, 0.15) is 36.0 Å². The Hall–Kier alpha value is -3.37. The van der Waals surface area contributed by atoms with Crippen molar-refractivity contribution in [2.24, 2.45) is 11.5 Å². The number of primary amides is 1. The number of nitrogens with zero attached hydrogens (tertiary/aromatic N) is 4. The standard InChI is InChI=1S/C20H22FN7O2/c21-19-13(17-10-25-11-30-17)8-24-9-16(19)28(27-15-4-2-1-3-14(15)22)18-6-5-12(7-26-18)20(23)29/h5-11,14-15,27H,1-4,22H2,(H2,23,29). The first kappa shape index (κ1) is 19.9. The van der Waals surface area contributed by atoms with E-state index in [1.165, 1.54) is 42.3 Å². The van der Waals surface area contributed by atoms with Gasteiger partial charge in [0, 0.05) is 24.5 Å². The summed E-state index contributed by atoms with van der Waals surface area (Å²) in [5.74, 6) is -0.524. The number of anilines is 2. The lowest BCUT2D eigenvalue weighted by molar-refractivity contribution is 0.1000. The Morgan fingerprint density at radius 1 is 1.17 bits per heavy atom. The van der Waals surface area contributed by atoms with Gasteiger partial charge in [0.1, 0.15) is 11.5 Å². The Morgan fingerprint density at radius 2 is 2.00 bits per heavy atom. The molecule has 9 nitrogen and oxygen atoms in total. The molecule has 0 aliphatic heterocycles. The second kappa shape index (κ2) is 8.56. The molecule has 0 radical (unpaired) electrons. The van der Waals surface area contributed by atoms with Crippen LogP contribution in [0.25, 0.3) is 11.3 Å². The number of hydrazine groups is 1. The molecule has 2 atom stereocenters. The fraction of sp³-hybridized carbons (Fsp3) is 0.300. The van der Waals surface area contributed by atoms with Crippen LogP contribution in [-0.4, -0.2) is 32.9 Å². The number of hydrogen-bond acceptors (Lipinski definition) is 8. The fourth-order valence-corrected chi connectivity index (χ4v) is 3.52. The summed E-state index contributed by atoms with van der Waals surface area (Å²) >= 11 is 0. The van der Waals surface area contributed by atoms with E-state index in [2.05, 4.69) is 20.4 Å². The SMILES string of the molecule is NC(=O)c1ccc(N(NC2CCCCC2N)c2cncc(-c3cnco3)c2F)nc1. The van der Waals surface area contributed by atoms with Gasteiger partial charge in [0.05, 0.1) is 23.5 Å². The Kier molecular flexibility index (Phi) is 5.68. The topological polar surface area (TPSA) is 136 Å². The largest absolute Gasteiger partial charge is 0.443 e. The average molecular weight is 411 g/mol. The summed E-state index contributed by atoms with van der Waals surface area (Å²) in [4.78, 5) is 23.7. The molecule has 1 amide bonds. The van der Waals surface area contributed by atoms with Crippen LogP contribution >= 0.6 is 0 Å². The molecule has 156 valence electrons. The van der Waals surface area contributed by atoms with E-state index in [1.54, 1.807) is 6.07 Å². The van der Waals surface area contributed by atoms with Crippen molar-refractivity contribution in [1.29, 1.82) is 0 Å². The molecule has 1 fully saturated rings. The maximum absolute atomic E-state index is 15.5. The van der Waals surface area contributed by atoms with Crippen molar-refractivity contribution < 1.29 is 13.6 Å². The molecule has 30 heavy (non-hydrogen) atoms. The maximum atomic E-state index is 15.5. The zero-order valence-corrected chi connectivity index (χ0v) is 16.2. The van der Waals surface area contributed by atoms with Gasteiger partial charge >= 0.3 is 0 Å². The molecule has 3 aromatic rings. The quantitative estimate of drug-likeness (QED) is 0.526. The summed E-state index contributed by atoms with van der Waals surface area (Å²) in [5.41, 5.74) is 15.5. The number of hydrogen-bond donors (Lipinski definition) is 3. The highest BCUT2D eigenvalue weighted by Crippen LogP contribution is 2.32. The van der Waals surface area contributed by atoms with Crippen molar-refractivity contribution in [3.63, 3.8) is 0 Å². The summed E-state index contributed by atoms with van der Waals surface area (Å²) in [7, 11) is 0. The second-order valence-electron chi connectivity index (χ2n) is 7.17. The third kappa shape index (κ3) is 4.00. The van der Waals surface area contributed by atoms with Gasteiger partial charge in [0.2, 0.25) is 5.91 Å². The van der Waals surface area contributed by atoms with E-state index < -0.39 is 11.7 Å². The Balaban J connectivity index is 1.75. The molecule has 10 heteroatoms. The Bertz CT molecular complexity index is 1010. The van der Waals surface area contributed by atoms with Crippen molar-refractivity contribution in [1.82, 2.24) is 20.4 Å². The highest BCUT2D eigenvalue weighted by molar-refractivity contribution is 5.92. The summed E-state index contributed by atoms with van der Waals surface area (Å²) in [6, 6.07) is 2.96. The van der Waals surface area contributed by atoms with E-state index in [0.717, 1.165) is 25.7 Å². The van der Waals surface area contributed by atoms with Gasteiger partial charge in [-0.2, -0.15) is 0 Å². The van der Waals surface area contributed by atoms with Crippen molar-refractivity contribution >= 4 is 17.4 Å². The summed E-state index contributed by atoms with van der Waals surface area (Å²) < 4.78 is 20.7. The number of pyridine rings is 2. The van der Waals surface area contributed by atoms with Gasteiger partial charge in [-0.25, -0.2) is 19.8 Å². The maximum Gasteiger partial charge on any atom is 0.250 e. The van der Waals surface area contributed by atoms with Crippen LogP contribution in [0.15, 0.2) is 47.7 Å². The van der Waals surface area contributed by atoms with Crippen LogP contribution in [0, 0.1) is 5.82 Å². The van der Waals surface area contributed by atoms with Crippen molar-refractivity contribution in [3.05, 3.63) is 54.7 Å². The van der Waals surface area contributed by atoms with Crippen LogP contribution in [0.3, 0.4) is 0 Å². The van der Waals surface area contributed by atoms with Crippen LogP contribution in [0.5, 0.6) is 0 Å². The van der Waals surface area contributed by atoms with Crippen LogP contribution in [0.2, 0.25) is 0 Å². The van der Waals surface area contributed by atoms with Gasteiger partial charge in [-0.3, -0.25) is 14.8 Å². The van der Waals surface area contributed by atoms with Gasteiger partial charge < -0.3 is 15.9 Å². The zero-order valence-electron chi connectivity index (χ0n) is 16.2. The number of nitrogens with one attached hydrogen (secondary N) is 1. The molecule has 4 rings (SSSR count). The van der Waals surface area contributed by atoms with Gasteiger partial charge in [-0.05, 0) is 25.0 Å². The normalized spacial score (nSPS) is 18.9. The van der Waals surface area contributed by atoms with E-state index in [-0.39, 0.29) is 34.7 Å². The van der Waals surface area contributed by atoms with Crippen molar-refractivity contribution in [2.75, 3.05) is 5.01 Å². The van der Waals surface area contributed by atoms with Crippen LogP contribution in [-0.2, 0) is 0 Å². The minimum Gasteiger partial charge on any atom is -0.443 e. The predicted molar refractivity (Wildman–Crippen MR) is 108 cm³/mol. The number of carbonyl (C=O) groups excluding carboxylic acids is 1. The first-order valence-corrected chi connectivity index (χ1v) is 9.64. The monoisotopic (exact) mass is 411 g/mol. The highest BCUT2D eigenvalue weighted by atomic mass is 19.1. The first-order valence-electron chi connectivity index (χ1n) is 9.64. The molecular formula is C20H22FN7O2. The molecule has 1 aliphatic rings. The average Bonchev–Trinajstić information content (AvgIpc) is 3.28. The molecule has 2 unspecified atom stereocenters. The molecule has 5 N–H and O–H groups in total. The minimum atomic E-state index is -0.594. The molecule has 0 spiro atoms. The highest BCUT2D eigenvalue weighted by Gasteiger charge is 2.27. The predicted octanol–water partition coefficient (Wildman–Crippen LogP) is 2.28. The minimum absolute atomic E-state index is 0.0790. The van der Waals surface area contributed by atoms with Gasteiger partial charge in [-0.15, -0.1) is 0 Å². The van der Waals surface area contributed by atoms with E-state index in [1.807, 2.05) is 0 Å². The lowest BCUT2D eigenvalue weighted by Gasteiger charge is -2.35. The summed E-state index contributed by atoms with van der Waals surface area (Å²) in [6.07, 6.45) is 10.5. The number of oxazole rings is 1. The molecule has 3 heterocycles. The van der Waals surface area contributed by atoms with E-state index in [4.69, 9.17) is 15.9 Å². The van der Waals surface area contributed by atoms with E-state index in [9.17, 15) is 4.79 Å². The number of nitrogens with two attached hydrogens (primary N) is 2. The number of carbonyl (C=O) groups is 1. The smallest absolute Gasteiger partial charge is 0.250 e. The molecule has 1 saturated carbocycles. The van der Waals surface area contributed by atoms with E-state index >= 15 is 4.39 Å². The zero-order chi connectivity index (χ0) is 21.1. The fourth-order valence-electron chi connectivity index (χ4n) is 3.52. The second-order valence-corrected chi connectivity index (χ2v) is 7.17.